The molecule has 4 rings (SSSR count). The molecule has 3 aromatic rings. The minimum absolute atomic E-state index is 0.158. The van der Waals surface area contributed by atoms with Gasteiger partial charge in [-0.05, 0) is 55.0 Å². The maximum Gasteiger partial charge on any atom is 0.241 e. The van der Waals surface area contributed by atoms with E-state index in [-0.39, 0.29) is 16.7 Å². The van der Waals surface area contributed by atoms with Crippen molar-refractivity contribution in [1.82, 2.24) is 14.6 Å². The Morgan fingerprint density at radius 3 is 2.61 bits per heavy atom. The first kappa shape index (κ1) is 23.6. The fourth-order valence-corrected chi connectivity index (χ4v) is 6.29. The molecule has 0 bridgehead atoms. The number of amides is 1. The van der Waals surface area contributed by atoms with Crippen molar-refractivity contribution in [2.75, 3.05) is 13.1 Å². The topological polar surface area (TPSA) is 79.4 Å². The van der Waals surface area contributed by atoms with Gasteiger partial charge in [0.25, 0.3) is 0 Å². The van der Waals surface area contributed by atoms with Crippen LogP contribution in [0, 0.1) is 12.8 Å². The summed E-state index contributed by atoms with van der Waals surface area (Å²) in [6, 6.07) is 14.2. The number of nitrogens with one attached hydrogen (secondary N) is 1. The Morgan fingerprint density at radius 1 is 1.18 bits per heavy atom. The SMILES string of the molecule is Cc1nc2ccc(S(=O)(=O)NC(CC(C)C)C(=O)N3CC=C(c4ccccc4)CC3)cc2s1. The Bertz CT molecular complexity index is 1280. The molecule has 6 nitrogen and oxygen atoms in total. The maximum atomic E-state index is 13.4. The monoisotopic (exact) mass is 483 g/mol. The molecule has 0 spiro atoms. The zero-order valence-electron chi connectivity index (χ0n) is 19.1. The normalized spacial score (nSPS) is 15.6. The number of nitrogens with zero attached hydrogens (tertiary/aromatic N) is 2. The van der Waals surface area contributed by atoms with Gasteiger partial charge in [0.1, 0.15) is 6.04 Å². The first-order valence-corrected chi connectivity index (χ1v) is 13.5. The molecule has 174 valence electrons. The molecule has 1 aliphatic rings. The fraction of sp³-hybridized carbons (Fsp3) is 0.360. The van der Waals surface area contributed by atoms with E-state index in [4.69, 9.17) is 0 Å². The summed E-state index contributed by atoms with van der Waals surface area (Å²) >= 11 is 1.45. The Morgan fingerprint density at radius 2 is 1.94 bits per heavy atom. The third kappa shape index (κ3) is 5.51. The van der Waals surface area contributed by atoms with Crippen LogP contribution in [0.2, 0.25) is 0 Å². The number of benzene rings is 2. The van der Waals surface area contributed by atoms with Crippen molar-refractivity contribution < 1.29 is 13.2 Å². The summed E-state index contributed by atoms with van der Waals surface area (Å²) in [4.78, 5) is 19.7. The van der Waals surface area contributed by atoms with Gasteiger partial charge in [-0.25, -0.2) is 13.4 Å². The number of carbonyl (C=O) groups is 1. The number of sulfonamides is 1. The molecule has 2 heterocycles. The number of hydrogen-bond acceptors (Lipinski definition) is 5. The summed E-state index contributed by atoms with van der Waals surface area (Å²) in [7, 11) is -3.86. The quantitative estimate of drug-likeness (QED) is 0.532. The average Bonchev–Trinajstić information content (AvgIpc) is 3.17. The van der Waals surface area contributed by atoms with E-state index in [2.05, 4.69) is 27.9 Å². The zero-order chi connectivity index (χ0) is 23.6. The van der Waals surface area contributed by atoms with Crippen molar-refractivity contribution in [3.8, 4) is 0 Å². The van der Waals surface area contributed by atoms with Crippen molar-refractivity contribution >= 4 is 43.1 Å². The summed E-state index contributed by atoms with van der Waals surface area (Å²) in [6.45, 7) is 6.92. The van der Waals surface area contributed by atoms with Gasteiger partial charge in [-0.3, -0.25) is 4.79 Å². The number of thiazole rings is 1. The molecule has 8 heteroatoms. The highest BCUT2D eigenvalue weighted by molar-refractivity contribution is 7.89. The zero-order valence-corrected chi connectivity index (χ0v) is 20.7. The molecule has 1 atom stereocenters. The predicted octanol–water partition coefficient (Wildman–Crippen LogP) is 4.61. The molecule has 1 aliphatic heterocycles. The molecule has 0 aliphatic carbocycles. The first-order valence-electron chi connectivity index (χ1n) is 11.2. The van der Waals surface area contributed by atoms with E-state index in [9.17, 15) is 13.2 Å². The molecule has 1 unspecified atom stereocenters. The lowest BCUT2D eigenvalue weighted by molar-refractivity contribution is -0.133. The largest absolute Gasteiger partial charge is 0.337 e. The van der Waals surface area contributed by atoms with Crippen LogP contribution in [0.5, 0.6) is 0 Å². The Kier molecular flexibility index (Phi) is 6.97. The van der Waals surface area contributed by atoms with E-state index in [0.717, 1.165) is 27.2 Å². The lowest BCUT2D eigenvalue weighted by Crippen LogP contribution is -2.50. The lowest BCUT2D eigenvalue weighted by atomic mass is 9.98. The highest BCUT2D eigenvalue weighted by Gasteiger charge is 2.31. The van der Waals surface area contributed by atoms with E-state index < -0.39 is 16.1 Å². The van der Waals surface area contributed by atoms with Crippen LogP contribution in [0.1, 0.15) is 37.3 Å². The van der Waals surface area contributed by atoms with Crippen molar-refractivity contribution in [2.45, 2.75) is 44.6 Å². The van der Waals surface area contributed by atoms with Crippen LogP contribution in [0.25, 0.3) is 15.8 Å². The molecular weight excluding hydrogens is 454 g/mol. The highest BCUT2D eigenvalue weighted by Crippen LogP contribution is 2.26. The summed E-state index contributed by atoms with van der Waals surface area (Å²) in [6.07, 6.45) is 3.25. The molecule has 0 radical (unpaired) electrons. The van der Waals surface area contributed by atoms with Gasteiger partial charge >= 0.3 is 0 Å². The molecule has 33 heavy (non-hydrogen) atoms. The summed E-state index contributed by atoms with van der Waals surface area (Å²) < 4.78 is 29.9. The number of fused-ring (bicyclic) bond motifs is 1. The highest BCUT2D eigenvalue weighted by atomic mass is 32.2. The standard InChI is InChI=1S/C25H29N3O3S2/c1-17(2)15-23(25(29)28-13-11-20(12-14-28)19-7-5-4-6-8-19)27-33(30,31)21-9-10-22-24(16-21)32-18(3)26-22/h4-11,16-17,23,27H,12-15H2,1-3H3. The second-order valence-electron chi connectivity index (χ2n) is 8.80. The minimum atomic E-state index is -3.86. The summed E-state index contributed by atoms with van der Waals surface area (Å²) in [5, 5.41) is 0.883. The average molecular weight is 484 g/mol. The van der Waals surface area contributed by atoms with Crippen molar-refractivity contribution in [3.63, 3.8) is 0 Å². The van der Waals surface area contributed by atoms with E-state index in [0.29, 0.717) is 19.5 Å². The summed E-state index contributed by atoms with van der Waals surface area (Å²) in [5.74, 6) is -0.0150. The molecule has 0 fully saturated rings. The van der Waals surface area contributed by atoms with Crippen LogP contribution >= 0.6 is 11.3 Å². The van der Waals surface area contributed by atoms with Gasteiger partial charge in [0.2, 0.25) is 15.9 Å². The molecule has 0 saturated carbocycles. The number of aryl methyl sites for hydroxylation is 1. The Labute approximate surface area is 199 Å². The third-order valence-corrected chi connectivity index (χ3v) is 8.15. The van der Waals surface area contributed by atoms with Crippen LogP contribution in [-0.2, 0) is 14.8 Å². The van der Waals surface area contributed by atoms with Gasteiger partial charge in [0.05, 0.1) is 20.1 Å². The van der Waals surface area contributed by atoms with Gasteiger partial charge in [-0.2, -0.15) is 4.72 Å². The smallest absolute Gasteiger partial charge is 0.241 e. The second-order valence-corrected chi connectivity index (χ2v) is 11.7. The third-order valence-electron chi connectivity index (χ3n) is 5.75. The number of rotatable bonds is 7. The van der Waals surface area contributed by atoms with E-state index in [1.807, 2.05) is 39.0 Å². The molecular formula is C25H29N3O3S2. The minimum Gasteiger partial charge on any atom is -0.337 e. The van der Waals surface area contributed by atoms with E-state index in [1.54, 1.807) is 23.1 Å². The molecule has 1 aromatic heterocycles. The van der Waals surface area contributed by atoms with Gasteiger partial charge in [-0.1, -0.05) is 50.3 Å². The maximum absolute atomic E-state index is 13.4. The van der Waals surface area contributed by atoms with Crippen LogP contribution in [-0.4, -0.2) is 43.3 Å². The van der Waals surface area contributed by atoms with Crippen LogP contribution in [0.15, 0.2) is 59.5 Å². The summed E-state index contributed by atoms with van der Waals surface area (Å²) in [5.41, 5.74) is 3.16. The molecule has 0 saturated heterocycles. The molecule has 1 N–H and O–H groups in total. The Balaban J connectivity index is 1.52. The van der Waals surface area contributed by atoms with E-state index >= 15 is 0 Å². The predicted molar refractivity (Wildman–Crippen MR) is 134 cm³/mol. The number of hydrogen-bond donors (Lipinski definition) is 1. The van der Waals surface area contributed by atoms with Crippen molar-refractivity contribution in [1.29, 1.82) is 0 Å². The van der Waals surface area contributed by atoms with Crippen LogP contribution in [0.4, 0.5) is 0 Å². The van der Waals surface area contributed by atoms with Gasteiger partial charge in [0.15, 0.2) is 0 Å². The van der Waals surface area contributed by atoms with Crippen molar-refractivity contribution in [2.24, 2.45) is 5.92 Å². The fourth-order valence-electron chi connectivity index (χ4n) is 4.12. The Hall–Kier alpha value is -2.55. The lowest BCUT2D eigenvalue weighted by Gasteiger charge is -2.31. The number of aromatic nitrogens is 1. The van der Waals surface area contributed by atoms with Gasteiger partial charge in [-0.15, -0.1) is 11.3 Å². The molecule has 1 amide bonds. The van der Waals surface area contributed by atoms with Gasteiger partial charge in [0, 0.05) is 13.1 Å². The van der Waals surface area contributed by atoms with Gasteiger partial charge < -0.3 is 4.90 Å². The second kappa shape index (κ2) is 9.75. The number of carbonyl (C=O) groups excluding carboxylic acids is 1. The van der Waals surface area contributed by atoms with Crippen LogP contribution < -0.4 is 4.72 Å². The van der Waals surface area contributed by atoms with Crippen molar-refractivity contribution in [3.05, 3.63) is 65.2 Å². The first-order chi connectivity index (χ1) is 15.7. The van der Waals surface area contributed by atoms with Crippen LogP contribution in [0.3, 0.4) is 0 Å². The van der Waals surface area contributed by atoms with E-state index in [1.165, 1.54) is 16.9 Å². The molecule has 2 aromatic carbocycles.